The van der Waals surface area contributed by atoms with Crippen molar-refractivity contribution >= 4 is 41.1 Å². The number of carbonyl (C=O) groups excluding carboxylic acids is 6. The number of esters is 4. The standard InChI is InChI=1S/C40H44O10.C23H30N2O2/c1-4-36(41)47-25-11-7-6-10-24-46-34-21-18-30(19-22-34)38(43)33-20-23-35(29(3)28-33)50-40(45)32-16-14-31(15-17-32)39(44)49-27-13-9-8-12-26-48-37(42)5-2;1-4-23(24(2)3,18-19-8-6-5-7-9-19)22(26)20-10-12-21(13-11-20)25-14-16-27-17-15-25/h4-5,14-23,28H,1-2,6-13,24-27H2,3H3;5-13H,4,14-18H2,1-3H3. The summed E-state index contributed by atoms with van der Waals surface area (Å²) in [6.45, 7) is 15.4. The van der Waals surface area contributed by atoms with Gasteiger partial charge in [0, 0.05) is 47.6 Å². The Labute approximate surface area is 453 Å². The van der Waals surface area contributed by atoms with E-state index in [-0.39, 0.29) is 23.7 Å². The Hall–Kier alpha value is -7.68. The summed E-state index contributed by atoms with van der Waals surface area (Å²) in [7, 11) is 4.01. The summed E-state index contributed by atoms with van der Waals surface area (Å²) in [5, 5.41) is 0. The van der Waals surface area contributed by atoms with Crippen LogP contribution in [0.25, 0.3) is 0 Å². The van der Waals surface area contributed by atoms with Crippen molar-refractivity contribution in [1.82, 2.24) is 4.90 Å². The number of nitrogens with zero attached hydrogens (tertiary/aromatic N) is 2. The average Bonchev–Trinajstić information content (AvgIpc) is 3.46. The molecule has 1 aliphatic heterocycles. The Morgan fingerprint density at radius 2 is 1.10 bits per heavy atom. The minimum absolute atomic E-state index is 0.177. The molecule has 408 valence electrons. The van der Waals surface area contributed by atoms with Gasteiger partial charge in [0.2, 0.25) is 0 Å². The molecule has 14 heteroatoms. The Morgan fingerprint density at radius 3 is 1.64 bits per heavy atom. The number of rotatable bonds is 29. The number of ether oxygens (including phenoxy) is 6. The number of hydrogen-bond acceptors (Lipinski definition) is 14. The van der Waals surface area contributed by atoms with Gasteiger partial charge in [0.25, 0.3) is 0 Å². The van der Waals surface area contributed by atoms with Crippen molar-refractivity contribution in [3.8, 4) is 11.5 Å². The number of carbonyl (C=O) groups is 6. The Balaban J connectivity index is 0.000000338. The van der Waals surface area contributed by atoms with Crippen molar-refractivity contribution in [3.63, 3.8) is 0 Å². The van der Waals surface area contributed by atoms with Crippen molar-refractivity contribution < 1.29 is 57.2 Å². The van der Waals surface area contributed by atoms with E-state index in [9.17, 15) is 28.8 Å². The minimum atomic E-state index is -0.601. The lowest BCUT2D eigenvalue weighted by molar-refractivity contribution is -0.138. The van der Waals surface area contributed by atoms with E-state index in [1.165, 1.54) is 29.8 Å². The average molecular weight is 1050 g/mol. The second-order valence-electron chi connectivity index (χ2n) is 18.8. The van der Waals surface area contributed by atoms with Gasteiger partial charge in [-0.05, 0) is 187 Å². The fourth-order valence-electron chi connectivity index (χ4n) is 8.58. The first-order chi connectivity index (χ1) is 37.3. The van der Waals surface area contributed by atoms with Crippen LogP contribution in [0, 0.1) is 6.92 Å². The molecule has 0 aliphatic carbocycles. The summed E-state index contributed by atoms with van der Waals surface area (Å²) in [6, 6.07) is 36.2. The Kier molecular flexibility index (Phi) is 25.0. The van der Waals surface area contributed by atoms with Crippen molar-refractivity contribution in [1.29, 1.82) is 0 Å². The zero-order valence-electron chi connectivity index (χ0n) is 45.1. The van der Waals surface area contributed by atoms with Gasteiger partial charge in [0.15, 0.2) is 11.6 Å². The van der Waals surface area contributed by atoms with Crippen molar-refractivity contribution in [2.45, 2.75) is 83.6 Å². The fourth-order valence-corrected chi connectivity index (χ4v) is 8.58. The van der Waals surface area contributed by atoms with Gasteiger partial charge in [-0.1, -0.05) is 50.4 Å². The van der Waals surface area contributed by atoms with E-state index >= 15 is 0 Å². The third-order valence-electron chi connectivity index (χ3n) is 13.2. The summed E-state index contributed by atoms with van der Waals surface area (Å²) in [6.07, 6.45) is 10.3. The summed E-state index contributed by atoms with van der Waals surface area (Å²) >= 11 is 0. The second-order valence-corrected chi connectivity index (χ2v) is 18.8. The predicted octanol–water partition coefficient (Wildman–Crippen LogP) is 11.2. The van der Waals surface area contributed by atoms with Crippen LogP contribution in [0.3, 0.4) is 0 Å². The van der Waals surface area contributed by atoms with E-state index in [2.05, 4.69) is 54.1 Å². The molecule has 0 aromatic heterocycles. The molecule has 5 aromatic rings. The number of anilines is 1. The van der Waals surface area contributed by atoms with E-state index in [0.29, 0.717) is 66.4 Å². The molecule has 0 spiro atoms. The number of benzene rings is 5. The van der Waals surface area contributed by atoms with Gasteiger partial charge >= 0.3 is 23.9 Å². The normalized spacial score (nSPS) is 12.7. The first-order valence-electron chi connectivity index (χ1n) is 26.4. The van der Waals surface area contributed by atoms with Crippen molar-refractivity contribution in [2.75, 3.05) is 71.7 Å². The maximum atomic E-state index is 13.6. The molecule has 0 bridgehead atoms. The van der Waals surface area contributed by atoms with Gasteiger partial charge in [-0.3, -0.25) is 14.5 Å². The quantitative estimate of drug-likeness (QED) is 0.0111. The molecule has 5 aromatic carbocycles. The molecule has 0 amide bonds. The predicted molar refractivity (Wildman–Crippen MR) is 298 cm³/mol. The van der Waals surface area contributed by atoms with E-state index < -0.39 is 29.4 Å². The van der Waals surface area contributed by atoms with Crippen LogP contribution in [0.5, 0.6) is 11.5 Å². The first-order valence-corrected chi connectivity index (χ1v) is 26.4. The summed E-state index contributed by atoms with van der Waals surface area (Å²) in [5.74, 6) is -0.947. The summed E-state index contributed by atoms with van der Waals surface area (Å²) in [4.78, 5) is 78.3. The molecular formula is C63H74N2O12. The summed E-state index contributed by atoms with van der Waals surface area (Å²) in [5.41, 5.74) is 4.71. The van der Waals surface area contributed by atoms with Crippen LogP contribution in [-0.4, -0.2) is 113 Å². The highest BCUT2D eigenvalue weighted by molar-refractivity contribution is 6.09. The van der Waals surface area contributed by atoms with Gasteiger partial charge in [0.05, 0.1) is 56.3 Å². The lowest BCUT2D eigenvalue weighted by atomic mass is 9.80. The highest BCUT2D eigenvalue weighted by Crippen LogP contribution is 2.29. The number of aryl methyl sites for hydroxylation is 1. The molecule has 1 unspecified atom stereocenters. The number of morpholine rings is 1. The Morgan fingerprint density at radius 1 is 0.597 bits per heavy atom. The molecule has 0 saturated carbocycles. The van der Waals surface area contributed by atoms with Crippen molar-refractivity contribution in [2.24, 2.45) is 0 Å². The van der Waals surface area contributed by atoms with Crippen molar-refractivity contribution in [3.05, 3.63) is 186 Å². The molecule has 1 saturated heterocycles. The smallest absolute Gasteiger partial charge is 0.343 e. The zero-order chi connectivity index (χ0) is 55.4. The zero-order valence-corrected chi connectivity index (χ0v) is 45.1. The first kappa shape index (κ1) is 60.2. The molecule has 1 atom stereocenters. The van der Waals surface area contributed by atoms with E-state index in [0.717, 1.165) is 101 Å². The molecule has 1 aliphatic rings. The van der Waals surface area contributed by atoms with E-state index in [4.69, 9.17) is 28.4 Å². The fraction of sp³-hybridized carbons (Fsp3) is 0.365. The van der Waals surface area contributed by atoms with Crippen LogP contribution < -0.4 is 14.4 Å². The third-order valence-corrected chi connectivity index (χ3v) is 13.2. The molecule has 0 radical (unpaired) electrons. The van der Waals surface area contributed by atoms with Crippen LogP contribution in [0.1, 0.15) is 123 Å². The molecule has 0 N–H and O–H groups in total. The molecule has 77 heavy (non-hydrogen) atoms. The number of unbranched alkanes of at least 4 members (excludes halogenated alkanes) is 6. The van der Waals surface area contributed by atoms with Gasteiger partial charge in [-0.25, -0.2) is 19.2 Å². The molecule has 1 heterocycles. The van der Waals surface area contributed by atoms with E-state index in [1.807, 2.05) is 44.4 Å². The third kappa shape index (κ3) is 19.1. The Bertz CT molecular complexity index is 2700. The number of ketones is 2. The van der Waals surface area contributed by atoms with Gasteiger partial charge < -0.3 is 33.3 Å². The maximum absolute atomic E-state index is 13.6. The van der Waals surface area contributed by atoms with Crippen LogP contribution in [0.15, 0.2) is 147 Å². The van der Waals surface area contributed by atoms with E-state index in [1.54, 1.807) is 49.4 Å². The number of likely N-dealkylation sites (N-methyl/N-ethyl adjacent to an activating group) is 1. The molecule has 1 fully saturated rings. The highest BCUT2D eigenvalue weighted by atomic mass is 16.5. The summed E-state index contributed by atoms with van der Waals surface area (Å²) < 4.78 is 32.0. The van der Waals surface area contributed by atoms with Crippen LogP contribution in [0.2, 0.25) is 0 Å². The van der Waals surface area contributed by atoms with Crippen LogP contribution in [-0.2, 0) is 35.0 Å². The minimum Gasteiger partial charge on any atom is -0.494 e. The van der Waals surface area contributed by atoms with Crippen LogP contribution >= 0.6 is 0 Å². The van der Waals surface area contributed by atoms with Gasteiger partial charge in [0.1, 0.15) is 11.5 Å². The monoisotopic (exact) mass is 1050 g/mol. The highest BCUT2D eigenvalue weighted by Gasteiger charge is 2.39. The van der Waals surface area contributed by atoms with Gasteiger partial charge in [-0.15, -0.1) is 0 Å². The lowest BCUT2D eigenvalue weighted by Gasteiger charge is -2.38. The maximum Gasteiger partial charge on any atom is 0.343 e. The lowest BCUT2D eigenvalue weighted by Crippen LogP contribution is -2.52. The second kappa shape index (κ2) is 32.0. The number of hydrogen-bond donors (Lipinski definition) is 0. The number of Topliss-reactive ketones (excluding diaryl/α,β-unsaturated/α-hetero) is 1. The van der Waals surface area contributed by atoms with Crippen LogP contribution in [0.4, 0.5) is 5.69 Å². The SMILES string of the molecule is C=CC(=O)OCCCCCCOC(=O)c1ccc(C(=O)Oc2ccc(C(=O)c3ccc(OCCCCCCOC(=O)C=C)cc3)cc2C)cc1.CCC(Cc1ccccc1)(C(=O)c1ccc(N2CCOCC2)cc1)N(C)C. The molecular weight excluding hydrogens is 977 g/mol. The topological polar surface area (TPSA) is 164 Å². The molecule has 14 nitrogen and oxygen atoms in total. The van der Waals surface area contributed by atoms with Gasteiger partial charge in [-0.2, -0.15) is 0 Å². The largest absolute Gasteiger partial charge is 0.494 e. The molecule has 6 rings (SSSR count).